The van der Waals surface area contributed by atoms with Crippen LogP contribution in [0.25, 0.3) is 22.5 Å². The zero-order valence-electron chi connectivity index (χ0n) is 15.8. The number of rotatable bonds is 3. The number of aryl methyl sites for hydroxylation is 1. The van der Waals surface area contributed by atoms with Gasteiger partial charge in [-0.2, -0.15) is 5.10 Å². The third-order valence-electron chi connectivity index (χ3n) is 5.27. The number of hydrogen-bond acceptors (Lipinski definition) is 5. The number of fused-ring (bicyclic) bond motifs is 1. The van der Waals surface area contributed by atoms with E-state index in [-0.39, 0.29) is 17.8 Å². The molecule has 8 nitrogen and oxygen atoms in total. The van der Waals surface area contributed by atoms with Crippen molar-refractivity contribution >= 4 is 16.9 Å². The number of aromatic nitrogens is 5. The van der Waals surface area contributed by atoms with Gasteiger partial charge >= 0.3 is 0 Å². The molecule has 0 bridgehead atoms. The maximum Gasteiger partial charge on any atom is 0.274 e. The second-order valence-corrected chi connectivity index (χ2v) is 7.29. The van der Waals surface area contributed by atoms with E-state index in [9.17, 15) is 9.18 Å². The third kappa shape index (κ3) is 3.18. The molecule has 0 radical (unpaired) electrons. The van der Waals surface area contributed by atoms with E-state index >= 15 is 0 Å². The van der Waals surface area contributed by atoms with Crippen LogP contribution in [0.2, 0.25) is 0 Å². The van der Waals surface area contributed by atoms with E-state index < -0.39 is 0 Å². The normalized spacial score (nSPS) is 17.2. The molecule has 148 valence electrons. The van der Waals surface area contributed by atoms with Crippen LogP contribution in [0.5, 0.6) is 0 Å². The fourth-order valence-electron chi connectivity index (χ4n) is 3.82. The number of carbonyl (C=O) groups excluding carboxylic acids is 1. The van der Waals surface area contributed by atoms with Gasteiger partial charge in [0.15, 0.2) is 11.5 Å². The lowest BCUT2D eigenvalue weighted by molar-refractivity contribution is 0.0668. The van der Waals surface area contributed by atoms with E-state index in [1.165, 1.54) is 12.1 Å². The van der Waals surface area contributed by atoms with Gasteiger partial charge in [0.1, 0.15) is 22.8 Å². The van der Waals surface area contributed by atoms with E-state index in [0.29, 0.717) is 35.8 Å². The number of halogens is 1. The Kier molecular flexibility index (Phi) is 4.15. The van der Waals surface area contributed by atoms with Gasteiger partial charge in [-0.05, 0) is 44.0 Å². The van der Waals surface area contributed by atoms with Gasteiger partial charge in [0.05, 0.1) is 11.6 Å². The number of H-pyrrole nitrogens is 1. The van der Waals surface area contributed by atoms with Gasteiger partial charge in [-0.1, -0.05) is 5.21 Å². The fourth-order valence-corrected chi connectivity index (χ4v) is 3.82. The number of amides is 1. The Morgan fingerprint density at radius 2 is 2.17 bits per heavy atom. The molecule has 4 heterocycles. The van der Waals surface area contributed by atoms with E-state index in [0.717, 1.165) is 24.1 Å². The average Bonchev–Trinajstić information content (AvgIpc) is 3.46. The second kappa shape index (κ2) is 6.84. The first-order valence-electron chi connectivity index (χ1n) is 9.50. The molecular weight excluding hydrogens is 375 g/mol. The minimum Gasteiger partial charge on any atom is -0.460 e. The second-order valence-electron chi connectivity index (χ2n) is 7.29. The number of nitrogens with zero attached hydrogens (tertiary/aromatic N) is 5. The van der Waals surface area contributed by atoms with Crippen molar-refractivity contribution in [2.75, 3.05) is 13.1 Å². The fraction of sp³-hybridized carbons (Fsp3) is 0.300. The molecule has 1 aromatic carbocycles. The number of hydrogen-bond donors (Lipinski definition) is 1. The number of carbonyl (C=O) groups is 1. The monoisotopic (exact) mass is 394 g/mol. The molecule has 1 aliphatic rings. The molecule has 0 aliphatic carbocycles. The summed E-state index contributed by atoms with van der Waals surface area (Å²) in [6.45, 7) is 3.01. The van der Waals surface area contributed by atoms with Gasteiger partial charge in [0.25, 0.3) is 5.91 Å². The predicted octanol–water partition coefficient (Wildman–Crippen LogP) is 3.34. The summed E-state index contributed by atoms with van der Waals surface area (Å²) in [4.78, 5) is 14.8. The summed E-state index contributed by atoms with van der Waals surface area (Å²) in [5.74, 6) is 0.954. The van der Waals surface area contributed by atoms with Crippen LogP contribution in [-0.4, -0.2) is 49.1 Å². The topological polar surface area (TPSA) is 92.8 Å². The Bertz CT molecular complexity index is 1190. The Labute approximate surface area is 165 Å². The number of nitrogens with one attached hydrogen (secondary N) is 1. The summed E-state index contributed by atoms with van der Waals surface area (Å²) in [5, 5.41) is 15.3. The molecule has 1 atom stereocenters. The Balaban J connectivity index is 1.36. The molecule has 4 aromatic rings. The minimum absolute atomic E-state index is 0.0192. The summed E-state index contributed by atoms with van der Waals surface area (Å²) in [6, 6.07) is 9.83. The van der Waals surface area contributed by atoms with Crippen LogP contribution in [0.4, 0.5) is 4.39 Å². The van der Waals surface area contributed by atoms with Crippen molar-refractivity contribution in [2.24, 2.45) is 0 Å². The summed E-state index contributed by atoms with van der Waals surface area (Å²) < 4.78 is 20.8. The molecule has 1 fully saturated rings. The molecule has 1 N–H and O–H groups in total. The van der Waals surface area contributed by atoms with E-state index in [1.807, 2.05) is 19.1 Å². The lowest BCUT2D eigenvalue weighted by Gasteiger charge is -2.32. The number of piperidine rings is 1. The molecule has 3 aromatic heterocycles. The highest BCUT2D eigenvalue weighted by Gasteiger charge is 2.28. The van der Waals surface area contributed by atoms with Crippen LogP contribution in [0, 0.1) is 12.7 Å². The first kappa shape index (κ1) is 17.6. The van der Waals surface area contributed by atoms with E-state index in [4.69, 9.17) is 4.42 Å². The maximum absolute atomic E-state index is 13.4. The lowest BCUT2D eigenvalue weighted by Crippen LogP contribution is -2.41. The largest absolute Gasteiger partial charge is 0.460 e. The molecule has 0 unspecified atom stereocenters. The number of benzene rings is 1. The van der Waals surface area contributed by atoms with Crippen molar-refractivity contribution < 1.29 is 13.6 Å². The maximum atomic E-state index is 13.4. The predicted molar refractivity (Wildman–Crippen MR) is 103 cm³/mol. The Morgan fingerprint density at radius 1 is 1.28 bits per heavy atom. The van der Waals surface area contributed by atoms with E-state index in [1.54, 1.807) is 21.7 Å². The summed E-state index contributed by atoms with van der Waals surface area (Å²) in [6.07, 6.45) is 1.71. The van der Waals surface area contributed by atoms with Crippen molar-refractivity contribution in [1.29, 1.82) is 0 Å². The number of aromatic amines is 1. The van der Waals surface area contributed by atoms with Gasteiger partial charge in [-0.15, -0.1) is 5.10 Å². The third-order valence-corrected chi connectivity index (χ3v) is 5.27. The van der Waals surface area contributed by atoms with Gasteiger partial charge in [0.2, 0.25) is 0 Å². The molecular formula is C20H19FN6O2. The highest BCUT2D eigenvalue weighted by molar-refractivity contribution is 5.93. The van der Waals surface area contributed by atoms with E-state index in [2.05, 4.69) is 20.5 Å². The van der Waals surface area contributed by atoms with Gasteiger partial charge in [0, 0.05) is 25.2 Å². The SMILES string of the molecule is Cc1ccc(-c2cc(C(=O)N3CCC[C@H](n4nnc5cc(F)ccc54)C3)n[nH]2)o1. The molecule has 29 heavy (non-hydrogen) atoms. The van der Waals surface area contributed by atoms with Crippen molar-refractivity contribution in [3.05, 3.63) is 53.7 Å². The van der Waals surface area contributed by atoms with Crippen LogP contribution in [0.15, 0.2) is 40.8 Å². The smallest absolute Gasteiger partial charge is 0.274 e. The number of likely N-dealkylation sites (tertiary alicyclic amines) is 1. The highest BCUT2D eigenvalue weighted by atomic mass is 19.1. The zero-order valence-corrected chi connectivity index (χ0v) is 15.8. The first-order valence-corrected chi connectivity index (χ1v) is 9.50. The summed E-state index contributed by atoms with van der Waals surface area (Å²) >= 11 is 0. The van der Waals surface area contributed by atoms with Crippen LogP contribution >= 0.6 is 0 Å². The number of furan rings is 1. The molecule has 0 saturated carbocycles. The van der Waals surface area contributed by atoms with Crippen molar-refractivity contribution in [3.8, 4) is 11.5 Å². The highest BCUT2D eigenvalue weighted by Crippen LogP contribution is 2.26. The van der Waals surface area contributed by atoms with Crippen molar-refractivity contribution in [3.63, 3.8) is 0 Å². The van der Waals surface area contributed by atoms with Crippen LogP contribution in [0.1, 0.15) is 35.1 Å². The molecule has 5 rings (SSSR count). The van der Waals surface area contributed by atoms with Gasteiger partial charge in [-0.25, -0.2) is 9.07 Å². The first-order chi connectivity index (χ1) is 14.1. The summed E-state index contributed by atoms with van der Waals surface area (Å²) in [5.41, 5.74) is 2.29. The molecule has 1 amide bonds. The average molecular weight is 394 g/mol. The Morgan fingerprint density at radius 3 is 3.00 bits per heavy atom. The van der Waals surface area contributed by atoms with Crippen molar-refractivity contribution in [2.45, 2.75) is 25.8 Å². The zero-order chi connectivity index (χ0) is 20.0. The Hall–Kier alpha value is -3.49. The minimum atomic E-state index is -0.342. The quantitative estimate of drug-likeness (QED) is 0.575. The van der Waals surface area contributed by atoms with Gasteiger partial charge in [-0.3, -0.25) is 9.89 Å². The molecule has 1 aliphatic heterocycles. The standard InChI is InChI=1S/C20H19FN6O2/c1-12-4-7-19(29-12)16-10-17(23-22-16)20(28)26-8-2-3-14(11-26)27-18-6-5-13(21)9-15(18)24-25-27/h4-7,9-10,14H,2-3,8,11H2,1H3,(H,22,23)/t14-/m0/s1. The van der Waals surface area contributed by atoms with Crippen LogP contribution < -0.4 is 0 Å². The molecule has 1 saturated heterocycles. The summed E-state index contributed by atoms with van der Waals surface area (Å²) in [7, 11) is 0. The van der Waals surface area contributed by atoms with Crippen molar-refractivity contribution in [1.82, 2.24) is 30.1 Å². The van der Waals surface area contributed by atoms with Crippen LogP contribution in [-0.2, 0) is 0 Å². The van der Waals surface area contributed by atoms with Gasteiger partial charge < -0.3 is 9.32 Å². The lowest BCUT2D eigenvalue weighted by atomic mass is 10.1. The molecule has 9 heteroatoms. The molecule has 0 spiro atoms. The van der Waals surface area contributed by atoms with Crippen LogP contribution in [0.3, 0.4) is 0 Å².